The Morgan fingerprint density at radius 3 is 2.55 bits per heavy atom. The summed E-state index contributed by atoms with van der Waals surface area (Å²) in [7, 11) is 1.86. The van der Waals surface area contributed by atoms with Crippen LogP contribution in [0.5, 0.6) is 0 Å². The maximum Gasteiger partial charge on any atom is 0.182 e. The predicted octanol–water partition coefficient (Wildman–Crippen LogP) is 3.66. The fourth-order valence-corrected chi connectivity index (χ4v) is 3.00. The number of Topliss-reactive ketones (excluding diaryl/α,β-unsaturated/α-hetero) is 1. The Morgan fingerprint density at radius 2 is 1.95 bits per heavy atom. The van der Waals surface area contributed by atoms with Gasteiger partial charge in [-0.25, -0.2) is 8.78 Å². The fraction of sp³-hybridized carbons (Fsp3) is 0.562. The summed E-state index contributed by atoms with van der Waals surface area (Å²) >= 11 is 0. The Bertz CT molecular complexity index is 469. The molecule has 1 aliphatic rings. The Labute approximate surface area is 118 Å². The lowest BCUT2D eigenvalue weighted by atomic mass is 9.86. The zero-order valence-electron chi connectivity index (χ0n) is 12.0. The molecule has 1 aromatic carbocycles. The summed E-state index contributed by atoms with van der Waals surface area (Å²) in [6.45, 7) is 2.27. The average molecular weight is 281 g/mol. The summed E-state index contributed by atoms with van der Waals surface area (Å²) < 4.78 is 27.2. The van der Waals surface area contributed by atoms with Gasteiger partial charge in [0.15, 0.2) is 5.78 Å². The van der Waals surface area contributed by atoms with Gasteiger partial charge in [0.25, 0.3) is 0 Å². The summed E-state index contributed by atoms with van der Waals surface area (Å²) in [5.41, 5.74) is -0.414. The van der Waals surface area contributed by atoms with Gasteiger partial charge in [0.05, 0.1) is 12.1 Å². The first kappa shape index (κ1) is 15.1. The van der Waals surface area contributed by atoms with Crippen LogP contribution in [0.4, 0.5) is 8.78 Å². The number of hydrogen-bond acceptors (Lipinski definition) is 2. The van der Waals surface area contributed by atoms with Crippen molar-refractivity contribution >= 4 is 5.78 Å². The minimum atomic E-state index is -0.777. The second-order valence-corrected chi connectivity index (χ2v) is 5.86. The van der Waals surface area contributed by atoms with Crippen molar-refractivity contribution in [1.82, 2.24) is 4.90 Å². The van der Waals surface area contributed by atoms with Crippen molar-refractivity contribution in [3.63, 3.8) is 0 Å². The molecule has 1 saturated carbocycles. The molecule has 0 N–H and O–H groups in total. The third-order valence-corrected chi connectivity index (χ3v) is 4.17. The van der Waals surface area contributed by atoms with Crippen LogP contribution < -0.4 is 0 Å². The molecule has 0 heterocycles. The smallest absolute Gasteiger partial charge is 0.182 e. The van der Waals surface area contributed by atoms with Gasteiger partial charge in [-0.05, 0) is 37.9 Å². The minimum absolute atomic E-state index is 0.0647. The van der Waals surface area contributed by atoms with Gasteiger partial charge in [0.2, 0.25) is 0 Å². The first-order chi connectivity index (χ1) is 9.49. The molecule has 0 radical (unpaired) electrons. The molecule has 2 rings (SSSR count). The number of ketones is 1. The van der Waals surface area contributed by atoms with Crippen molar-refractivity contribution in [3.8, 4) is 0 Å². The SMILES string of the molecule is CC1CCCC(N(C)CC(=O)c2c(F)cccc2F)C1. The van der Waals surface area contributed by atoms with E-state index in [0.717, 1.165) is 31.4 Å². The van der Waals surface area contributed by atoms with Gasteiger partial charge < -0.3 is 0 Å². The molecule has 0 spiro atoms. The Hall–Kier alpha value is -1.29. The van der Waals surface area contributed by atoms with Crippen molar-refractivity contribution in [1.29, 1.82) is 0 Å². The number of nitrogens with zero attached hydrogens (tertiary/aromatic N) is 1. The van der Waals surface area contributed by atoms with Gasteiger partial charge in [0.1, 0.15) is 11.6 Å². The summed E-state index contributed by atoms with van der Waals surface area (Å²) in [5, 5.41) is 0. The zero-order chi connectivity index (χ0) is 14.7. The molecule has 2 unspecified atom stereocenters. The van der Waals surface area contributed by atoms with E-state index in [1.54, 1.807) is 0 Å². The van der Waals surface area contributed by atoms with Crippen molar-refractivity contribution < 1.29 is 13.6 Å². The van der Waals surface area contributed by atoms with Crippen molar-refractivity contribution in [2.75, 3.05) is 13.6 Å². The highest BCUT2D eigenvalue weighted by Gasteiger charge is 2.25. The lowest BCUT2D eigenvalue weighted by molar-refractivity contribution is 0.0874. The normalized spacial score (nSPS) is 23.1. The van der Waals surface area contributed by atoms with E-state index in [0.29, 0.717) is 12.0 Å². The maximum atomic E-state index is 13.6. The maximum absolute atomic E-state index is 13.6. The van der Waals surface area contributed by atoms with Gasteiger partial charge >= 0.3 is 0 Å². The highest BCUT2D eigenvalue weighted by atomic mass is 19.1. The van der Waals surface area contributed by atoms with E-state index in [-0.39, 0.29) is 6.54 Å². The van der Waals surface area contributed by atoms with Crippen molar-refractivity contribution in [3.05, 3.63) is 35.4 Å². The molecular formula is C16H21F2NO. The third-order valence-electron chi connectivity index (χ3n) is 4.17. The second kappa shape index (κ2) is 6.44. The molecule has 0 saturated heterocycles. The highest BCUT2D eigenvalue weighted by Crippen LogP contribution is 2.26. The number of halogens is 2. The number of carbonyl (C=O) groups excluding carboxylic acids is 1. The number of likely N-dealkylation sites (N-methyl/N-ethyl adjacent to an activating group) is 1. The number of benzene rings is 1. The second-order valence-electron chi connectivity index (χ2n) is 5.86. The largest absolute Gasteiger partial charge is 0.296 e. The Balaban J connectivity index is 2.04. The molecule has 2 atom stereocenters. The van der Waals surface area contributed by atoms with E-state index in [2.05, 4.69) is 6.92 Å². The molecular weight excluding hydrogens is 260 g/mol. The summed E-state index contributed by atoms with van der Waals surface area (Å²) in [5.74, 6) is -1.39. The van der Waals surface area contributed by atoms with Gasteiger partial charge in [-0.1, -0.05) is 25.8 Å². The van der Waals surface area contributed by atoms with Gasteiger partial charge in [-0.2, -0.15) is 0 Å². The third kappa shape index (κ3) is 3.42. The van der Waals surface area contributed by atoms with Crippen LogP contribution in [-0.2, 0) is 0 Å². The first-order valence-corrected chi connectivity index (χ1v) is 7.16. The molecule has 4 heteroatoms. The van der Waals surface area contributed by atoms with E-state index < -0.39 is 23.0 Å². The lowest BCUT2D eigenvalue weighted by Crippen LogP contribution is -2.39. The average Bonchev–Trinajstić information content (AvgIpc) is 2.38. The quantitative estimate of drug-likeness (QED) is 0.785. The standard InChI is InChI=1S/C16H21F2NO/c1-11-5-3-6-12(9-11)19(2)10-15(20)16-13(17)7-4-8-14(16)18/h4,7-8,11-12H,3,5-6,9-10H2,1-2H3. The van der Waals surface area contributed by atoms with Gasteiger partial charge in [0, 0.05) is 6.04 Å². The van der Waals surface area contributed by atoms with E-state index in [4.69, 9.17) is 0 Å². The van der Waals surface area contributed by atoms with Crippen molar-refractivity contribution in [2.24, 2.45) is 5.92 Å². The van der Waals surface area contributed by atoms with Gasteiger partial charge in [-0.15, -0.1) is 0 Å². The van der Waals surface area contributed by atoms with Crippen molar-refractivity contribution in [2.45, 2.75) is 38.6 Å². The molecule has 1 fully saturated rings. The van der Waals surface area contributed by atoms with Crippen LogP contribution in [0.2, 0.25) is 0 Å². The van der Waals surface area contributed by atoms with Crippen LogP contribution in [0, 0.1) is 17.6 Å². The monoisotopic (exact) mass is 281 g/mol. The molecule has 1 aromatic rings. The number of rotatable bonds is 4. The number of hydrogen-bond donors (Lipinski definition) is 0. The highest BCUT2D eigenvalue weighted by molar-refractivity contribution is 5.98. The summed E-state index contributed by atoms with van der Waals surface area (Å²) in [6, 6.07) is 3.85. The summed E-state index contributed by atoms with van der Waals surface area (Å²) in [6.07, 6.45) is 4.47. The van der Waals surface area contributed by atoms with Crippen LogP contribution in [0.15, 0.2) is 18.2 Å². The minimum Gasteiger partial charge on any atom is -0.296 e. The molecule has 1 aliphatic carbocycles. The first-order valence-electron chi connectivity index (χ1n) is 7.16. The molecule has 20 heavy (non-hydrogen) atoms. The molecule has 2 nitrogen and oxygen atoms in total. The fourth-order valence-electron chi connectivity index (χ4n) is 3.00. The molecule has 0 bridgehead atoms. The van der Waals surface area contributed by atoms with Gasteiger partial charge in [-0.3, -0.25) is 9.69 Å². The van der Waals surface area contributed by atoms with Crippen LogP contribution >= 0.6 is 0 Å². The van der Waals surface area contributed by atoms with Crippen LogP contribution in [0.25, 0.3) is 0 Å². The molecule has 110 valence electrons. The number of carbonyl (C=O) groups is 1. The Kier molecular flexibility index (Phi) is 4.86. The van der Waals surface area contributed by atoms with Crippen LogP contribution in [0.3, 0.4) is 0 Å². The summed E-state index contributed by atoms with van der Waals surface area (Å²) in [4.78, 5) is 14.0. The van der Waals surface area contributed by atoms with E-state index in [1.807, 2.05) is 11.9 Å². The van der Waals surface area contributed by atoms with E-state index in [1.165, 1.54) is 12.5 Å². The lowest BCUT2D eigenvalue weighted by Gasteiger charge is -2.33. The Morgan fingerprint density at radius 1 is 1.30 bits per heavy atom. The molecule has 0 aromatic heterocycles. The van der Waals surface area contributed by atoms with Crippen LogP contribution in [0.1, 0.15) is 43.0 Å². The molecule has 0 aliphatic heterocycles. The van der Waals surface area contributed by atoms with Crippen LogP contribution in [-0.4, -0.2) is 30.3 Å². The van der Waals surface area contributed by atoms with E-state index in [9.17, 15) is 13.6 Å². The van der Waals surface area contributed by atoms with E-state index >= 15 is 0 Å². The molecule has 0 amide bonds. The topological polar surface area (TPSA) is 20.3 Å². The predicted molar refractivity (Wildman–Crippen MR) is 74.7 cm³/mol. The zero-order valence-corrected chi connectivity index (χ0v) is 12.0.